The Bertz CT molecular complexity index is 636. The molecule has 0 fully saturated rings. The number of benzene rings is 1. The zero-order valence-corrected chi connectivity index (χ0v) is 11.4. The smallest absolute Gasteiger partial charge is 0.175 e. The number of rotatable bonds is 5. The lowest BCUT2D eigenvalue weighted by atomic mass is 10.0. The maximum atomic E-state index is 11.5. The van der Waals surface area contributed by atoms with Crippen molar-refractivity contribution < 1.29 is 12.8 Å². The van der Waals surface area contributed by atoms with Crippen LogP contribution in [0.1, 0.15) is 17.2 Å². The SMILES string of the molecule is CS(=O)(=O)c1cccc(C(Cc2ccoc2)NN)c1. The van der Waals surface area contributed by atoms with E-state index >= 15 is 0 Å². The van der Waals surface area contributed by atoms with Gasteiger partial charge in [-0.2, -0.15) is 0 Å². The summed E-state index contributed by atoms with van der Waals surface area (Å²) in [7, 11) is -3.22. The van der Waals surface area contributed by atoms with Gasteiger partial charge in [0.2, 0.25) is 0 Å². The topological polar surface area (TPSA) is 85.3 Å². The predicted molar refractivity (Wildman–Crippen MR) is 72.0 cm³/mol. The highest BCUT2D eigenvalue weighted by Gasteiger charge is 2.14. The molecular formula is C13H16N2O3S. The Morgan fingerprint density at radius 1 is 1.37 bits per heavy atom. The Morgan fingerprint density at radius 2 is 2.16 bits per heavy atom. The molecule has 0 saturated heterocycles. The summed E-state index contributed by atoms with van der Waals surface area (Å²) in [5.41, 5.74) is 4.52. The Morgan fingerprint density at radius 3 is 2.74 bits per heavy atom. The minimum atomic E-state index is -3.22. The van der Waals surface area contributed by atoms with Crippen LogP contribution in [0.3, 0.4) is 0 Å². The molecule has 3 N–H and O–H groups in total. The van der Waals surface area contributed by atoms with Crippen LogP contribution < -0.4 is 11.3 Å². The summed E-state index contributed by atoms with van der Waals surface area (Å²) in [6.45, 7) is 0. The third kappa shape index (κ3) is 3.44. The van der Waals surface area contributed by atoms with Crippen molar-refractivity contribution in [2.24, 2.45) is 5.84 Å². The first-order chi connectivity index (χ1) is 9.00. The Hall–Kier alpha value is -1.63. The molecular weight excluding hydrogens is 264 g/mol. The monoisotopic (exact) mass is 280 g/mol. The second kappa shape index (κ2) is 5.56. The van der Waals surface area contributed by atoms with Crippen LogP contribution in [0.15, 0.2) is 52.2 Å². The highest BCUT2D eigenvalue weighted by molar-refractivity contribution is 7.90. The first-order valence-electron chi connectivity index (χ1n) is 5.78. The van der Waals surface area contributed by atoms with Gasteiger partial charge in [-0.1, -0.05) is 12.1 Å². The number of hydrogen-bond donors (Lipinski definition) is 2. The molecule has 19 heavy (non-hydrogen) atoms. The van der Waals surface area contributed by atoms with E-state index in [0.29, 0.717) is 6.42 Å². The molecule has 1 atom stereocenters. The van der Waals surface area contributed by atoms with Gasteiger partial charge in [0.05, 0.1) is 23.5 Å². The average molecular weight is 280 g/mol. The molecule has 1 unspecified atom stereocenters. The van der Waals surface area contributed by atoms with Crippen molar-refractivity contribution in [2.45, 2.75) is 17.4 Å². The quantitative estimate of drug-likeness (QED) is 0.639. The summed E-state index contributed by atoms with van der Waals surface area (Å²) in [6.07, 6.45) is 5.05. The Balaban J connectivity index is 2.28. The average Bonchev–Trinajstić information content (AvgIpc) is 2.88. The van der Waals surface area contributed by atoms with Gasteiger partial charge in [0, 0.05) is 6.26 Å². The lowest BCUT2D eigenvalue weighted by Crippen LogP contribution is -2.29. The zero-order valence-electron chi connectivity index (χ0n) is 10.5. The summed E-state index contributed by atoms with van der Waals surface area (Å²) in [5, 5.41) is 0. The van der Waals surface area contributed by atoms with Gasteiger partial charge in [-0.05, 0) is 35.7 Å². The Kier molecular flexibility index (Phi) is 4.04. The van der Waals surface area contributed by atoms with E-state index in [1.54, 1.807) is 30.7 Å². The van der Waals surface area contributed by atoms with Crippen molar-refractivity contribution in [3.05, 3.63) is 54.0 Å². The molecule has 1 aromatic carbocycles. The largest absolute Gasteiger partial charge is 0.472 e. The fraction of sp³-hybridized carbons (Fsp3) is 0.231. The molecule has 0 saturated carbocycles. The van der Waals surface area contributed by atoms with Crippen LogP contribution in [0, 0.1) is 0 Å². The van der Waals surface area contributed by atoms with Crippen LogP contribution in [0.2, 0.25) is 0 Å². The summed E-state index contributed by atoms with van der Waals surface area (Å²) >= 11 is 0. The molecule has 102 valence electrons. The number of sulfone groups is 1. The second-order valence-electron chi connectivity index (χ2n) is 4.40. The van der Waals surface area contributed by atoms with Gasteiger partial charge in [-0.15, -0.1) is 0 Å². The van der Waals surface area contributed by atoms with Crippen LogP contribution in [-0.4, -0.2) is 14.7 Å². The molecule has 0 aliphatic heterocycles. The lowest BCUT2D eigenvalue weighted by Gasteiger charge is -2.16. The highest BCUT2D eigenvalue weighted by atomic mass is 32.2. The van der Waals surface area contributed by atoms with Crippen LogP contribution in [0.5, 0.6) is 0 Å². The van der Waals surface area contributed by atoms with E-state index in [-0.39, 0.29) is 10.9 Å². The highest BCUT2D eigenvalue weighted by Crippen LogP contribution is 2.21. The zero-order chi connectivity index (χ0) is 13.9. The molecule has 2 rings (SSSR count). The Labute approximate surface area is 112 Å². The standard InChI is InChI=1S/C13H16N2O3S/c1-19(16,17)12-4-2-3-11(8-12)13(15-14)7-10-5-6-18-9-10/h2-6,8-9,13,15H,7,14H2,1H3. The summed E-state index contributed by atoms with van der Waals surface area (Å²) in [5.74, 6) is 5.55. The van der Waals surface area contributed by atoms with E-state index < -0.39 is 9.84 Å². The molecule has 1 aromatic heterocycles. The van der Waals surface area contributed by atoms with E-state index in [1.807, 2.05) is 12.1 Å². The van der Waals surface area contributed by atoms with Crippen molar-refractivity contribution in [1.82, 2.24) is 5.43 Å². The van der Waals surface area contributed by atoms with Gasteiger partial charge >= 0.3 is 0 Å². The van der Waals surface area contributed by atoms with Gasteiger partial charge in [-0.25, -0.2) is 8.42 Å². The third-order valence-electron chi connectivity index (χ3n) is 2.91. The first kappa shape index (κ1) is 13.8. The number of hydrogen-bond acceptors (Lipinski definition) is 5. The first-order valence-corrected chi connectivity index (χ1v) is 7.67. The fourth-order valence-electron chi connectivity index (χ4n) is 1.88. The van der Waals surface area contributed by atoms with Crippen LogP contribution in [0.4, 0.5) is 0 Å². The maximum absolute atomic E-state index is 11.5. The number of nitrogens with two attached hydrogens (primary N) is 1. The minimum Gasteiger partial charge on any atom is -0.472 e. The van der Waals surface area contributed by atoms with Gasteiger partial charge in [0.25, 0.3) is 0 Å². The number of nitrogens with one attached hydrogen (secondary N) is 1. The van der Waals surface area contributed by atoms with Crippen LogP contribution in [-0.2, 0) is 16.3 Å². The molecule has 6 heteroatoms. The van der Waals surface area contributed by atoms with E-state index in [4.69, 9.17) is 10.3 Å². The number of furan rings is 1. The van der Waals surface area contributed by atoms with Gasteiger partial charge < -0.3 is 4.42 Å². The molecule has 0 spiro atoms. The second-order valence-corrected chi connectivity index (χ2v) is 6.42. The molecule has 5 nitrogen and oxygen atoms in total. The fourth-order valence-corrected chi connectivity index (χ4v) is 2.56. The van der Waals surface area contributed by atoms with Crippen molar-refractivity contribution >= 4 is 9.84 Å². The predicted octanol–water partition coefficient (Wildman–Crippen LogP) is 1.43. The minimum absolute atomic E-state index is 0.167. The van der Waals surface area contributed by atoms with Gasteiger partial charge in [0.15, 0.2) is 9.84 Å². The lowest BCUT2D eigenvalue weighted by molar-refractivity contribution is 0.535. The summed E-state index contributed by atoms with van der Waals surface area (Å²) in [4.78, 5) is 0.289. The molecule has 0 amide bonds. The van der Waals surface area contributed by atoms with Crippen LogP contribution >= 0.6 is 0 Å². The van der Waals surface area contributed by atoms with Gasteiger partial charge in [0.1, 0.15) is 0 Å². The summed E-state index contributed by atoms with van der Waals surface area (Å²) < 4.78 is 28.1. The van der Waals surface area contributed by atoms with Crippen LogP contribution in [0.25, 0.3) is 0 Å². The number of hydrazine groups is 1. The molecule has 0 aliphatic rings. The molecule has 0 aliphatic carbocycles. The normalized spacial score (nSPS) is 13.4. The maximum Gasteiger partial charge on any atom is 0.175 e. The molecule has 0 radical (unpaired) electrons. The van der Waals surface area contributed by atoms with Crippen molar-refractivity contribution in [1.29, 1.82) is 0 Å². The van der Waals surface area contributed by atoms with E-state index in [9.17, 15) is 8.42 Å². The van der Waals surface area contributed by atoms with Crippen molar-refractivity contribution in [2.75, 3.05) is 6.26 Å². The molecule has 2 aromatic rings. The van der Waals surface area contributed by atoms with Crippen molar-refractivity contribution in [3.8, 4) is 0 Å². The van der Waals surface area contributed by atoms with E-state index in [0.717, 1.165) is 11.1 Å². The molecule has 1 heterocycles. The molecule has 0 bridgehead atoms. The third-order valence-corrected chi connectivity index (χ3v) is 4.02. The van der Waals surface area contributed by atoms with Gasteiger partial charge in [-0.3, -0.25) is 11.3 Å². The summed E-state index contributed by atoms with van der Waals surface area (Å²) in [6, 6.07) is 8.46. The van der Waals surface area contributed by atoms with E-state index in [1.165, 1.54) is 6.26 Å². The van der Waals surface area contributed by atoms with E-state index in [2.05, 4.69) is 5.43 Å². The van der Waals surface area contributed by atoms with Crippen molar-refractivity contribution in [3.63, 3.8) is 0 Å².